The lowest BCUT2D eigenvalue weighted by atomic mass is 9.97. The van der Waals surface area contributed by atoms with Crippen LogP contribution in [0.1, 0.15) is 29.5 Å². The van der Waals surface area contributed by atoms with E-state index in [2.05, 4.69) is 4.85 Å². The molecule has 4 nitrogen and oxygen atoms in total. The smallest absolute Gasteiger partial charge is 0.259 e. The summed E-state index contributed by atoms with van der Waals surface area (Å²) in [5, 5.41) is 2.57. The molecule has 160 valence electrons. The minimum absolute atomic E-state index is 0.0475. The van der Waals surface area contributed by atoms with Crippen LogP contribution in [0.3, 0.4) is 0 Å². The fourth-order valence-corrected chi connectivity index (χ4v) is 5.16. The van der Waals surface area contributed by atoms with Crippen molar-refractivity contribution in [2.45, 2.75) is 32.2 Å². The van der Waals surface area contributed by atoms with Crippen LogP contribution in [0.4, 0.5) is 4.39 Å². The van der Waals surface area contributed by atoms with E-state index in [4.69, 9.17) is 11.3 Å². The third kappa shape index (κ3) is 3.21. The monoisotopic (exact) mass is 444 g/mol. The number of pyridine rings is 1. The number of rotatable bonds is 4. The number of benzene rings is 2. The first kappa shape index (κ1) is 20.5. The highest BCUT2D eigenvalue weighted by Gasteiger charge is 2.52. The Balaban J connectivity index is 1.75. The molecule has 0 saturated heterocycles. The molecular weight excluding hydrogens is 423 g/mol. The minimum Gasteiger partial charge on any atom is -0.456 e. The summed E-state index contributed by atoms with van der Waals surface area (Å²) in [4.78, 5) is 16.5. The molecule has 1 saturated carbocycles. The molecule has 5 rings (SSSR count). The number of fused-ring (bicyclic) bond motifs is 1. The van der Waals surface area contributed by atoms with Crippen molar-refractivity contribution in [3.63, 3.8) is 0 Å². The van der Waals surface area contributed by atoms with Crippen LogP contribution in [0.15, 0.2) is 52.8 Å². The molecule has 0 spiro atoms. The average Bonchev–Trinajstić information content (AvgIpc) is 3.41. The van der Waals surface area contributed by atoms with Crippen molar-refractivity contribution in [2.24, 2.45) is 7.05 Å². The van der Waals surface area contributed by atoms with E-state index < -0.39 is 5.54 Å². The molecule has 0 bridgehead atoms. The summed E-state index contributed by atoms with van der Waals surface area (Å²) in [6, 6.07) is 10.6. The zero-order chi connectivity index (χ0) is 22.6. The van der Waals surface area contributed by atoms with Gasteiger partial charge in [0, 0.05) is 47.5 Å². The quantitative estimate of drug-likeness (QED) is 0.327. The zero-order valence-corrected chi connectivity index (χ0v) is 18.8. The van der Waals surface area contributed by atoms with Crippen LogP contribution in [-0.2, 0) is 12.6 Å². The van der Waals surface area contributed by atoms with E-state index in [1.807, 2.05) is 49.7 Å². The Labute approximate surface area is 189 Å². The van der Waals surface area contributed by atoms with Gasteiger partial charge in [-0.3, -0.25) is 4.79 Å². The molecule has 2 aromatic heterocycles. The van der Waals surface area contributed by atoms with Gasteiger partial charge in [-0.25, -0.2) is 11.0 Å². The van der Waals surface area contributed by atoms with E-state index in [1.165, 1.54) is 23.5 Å². The van der Waals surface area contributed by atoms with E-state index in [9.17, 15) is 9.18 Å². The normalized spacial score (nSPS) is 14.3. The second kappa shape index (κ2) is 7.32. The molecule has 32 heavy (non-hydrogen) atoms. The standard InChI is InChI=1S/C26H21FN2O2S/c1-15-11-18(27)12-16(2)23(15)31-22-6-5-17(26(28-3)8-9-26)13-20(22)21-14-29(4)25(30)19-7-10-32-24(19)21/h5-7,10-14H,8-9H2,1-2,4H3. The largest absolute Gasteiger partial charge is 0.456 e. The third-order valence-electron chi connectivity index (χ3n) is 6.17. The molecule has 0 unspecified atom stereocenters. The Hall–Kier alpha value is -3.43. The van der Waals surface area contributed by atoms with Gasteiger partial charge in [-0.1, -0.05) is 0 Å². The molecule has 0 radical (unpaired) electrons. The van der Waals surface area contributed by atoms with Gasteiger partial charge >= 0.3 is 0 Å². The summed E-state index contributed by atoms with van der Waals surface area (Å²) in [7, 11) is 1.74. The van der Waals surface area contributed by atoms with Crippen LogP contribution in [0.5, 0.6) is 11.5 Å². The molecule has 1 aliphatic rings. The lowest BCUT2D eigenvalue weighted by Gasteiger charge is -2.17. The van der Waals surface area contributed by atoms with Crippen LogP contribution >= 0.6 is 11.3 Å². The Morgan fingerprint density at radius 3 is 2.50 bits per heavy atom. The molecular formula is C26H21FN2O2S. The van der Waals surface area contributed by atoms with Gasteiger partial charge in [-0.05, 0) is 66.8 Å². The number of ether oxygens (including phenoxy) is 1. The first-order valence-corrected chi connectivity index (χ1v) is 11.3. The van der Waals surface area contributed by atoms with Crippen molar-refractivity contribution in [1.29, 1.82) is 0 Å². The Bertz CT molecular complexity index is 1470. The van der Waals surface area contributed by atoms with Crippen molar-refractivity contribution < 1.29 is 9.13 Å². The molecule has 0 aliphatic heterocycles. The molecule has 0 atom stereocenters. The van der Waals surface area contributed by atoms with Gasteiger partial charge in [0.15, 0.2) is 0 Å². The van der Waals surface area contributed by atoms with E-state index in [0.717, 1.165) is 34.2 Å². The molecule has 1 aliphatic carbocycles. The van der Waals surface area contributed by atoms with E-state index in [1.54, 1.807) is 11.6 Å². The Kier molecular flexibility index (Phi) is 4.68. The molecule has 1 fully saturated rings. The summed E-state index contributed by atoms with van der Waals surface area (Å²) in [5.74, 6) is 0.925. The second-order valence-corrected chi connectivity index (χ2v) is 9.36. The van der Waals surface area contributed by atoms with Crippen LogP contribution in [-0.4, -0.2) is 4.57 Å². The maximum absolute atomic E-state index is 13.8. The van der Waals surface area contributed by atoms with Crippen LogP contribution in [0.2, 0.25) is 0 Å². The molecule has 0 amide bonds. The predicted octanol–water partition coefficient (Wildman–Crippen LogP) is 6.72. The fraction of sp³-hybridized carbons (Fsp3) is 0.231. The second-order valence-electron chi connectivity index (χ2n) is 8.45. The van der Waals surface area contributed by atoms with Gasteiger partial charge in [-0.15, -0.1) is 11.3 Å². The van der Waals surface area contributed by atoms with Crippen molar-refractivity contribution in [3.8, 4) is 22.6 Å². The SMILES string of the molecule is [C-]#[N+]C1(c2ccc(Oc3c(C)cc(F)cc3C)c(-c3cn(C)c(=O)c4ccsc34)c2)CC1. The number of thiophene rings is 1. The molecule has 0 N–H and O–H groups in total. The number of aryl methyl sites for hydroxylation is 3. The van der Waals surface area contributed by atoms with Crippen molar-refractivity contribution in [1.82, 2.24) is 4.57 Å². The first-order valence-electron chi connectivity index (χ1n) is 10.4. The highest BCUT2D eigenvalue weighted by atomic mass is 32.1. The van der Waals surface area contributed by atoms with Gasteiger partial charge in [0.1, 0.15) is 17.3 Å². The zero-order valence-electron chi connectivity index (χ0n) is 18.0. The van der Waals surface area contributed by atoms with Crippen LogP contribution in [0, 0.1) is 26.2 Å². The van der Waals surface area contributed by atoms with Gasteiger partial charge in [0.25, 0.3) is 11.1 Å². The lowest BCUT2D eigenvalue weighted by molar-refractivity contribution is 0.474. The van der Waals surface area contributed by atoms with Gasteiger partial charge < -0.3 is 14.1 Å². The maximum atomic E-state index is 13.8. The first-order chi connectivity index (χ1) is 15.3. The van der Waals surface area contributed by atoms with Gasteiger partial charge in [0.2, 0.25) is 0 Å². The lowest BCUT2D eigenvalue weighted by Crippen LogP contribution is -2.15. The number of hydrogen-bond acceptors (Lipinski definition) is 3. The summed E-state index contributed by atoms with van der Waals surface area (Å²) in [6.45, 7) is 11.3. The van der Waals surface area contributed by atoms with Crippen LogP contribution in [0.25, 0.3) is 26.1 Å². The summed E-state index contributed by atoms with van der Waals surface area (Å²) in [5.41, 5.74) is 3.56. The highest BCUT2D eigenvalue weighted by Crippen LogP contribution is 2.52. The van der Waals surface area contributed by atoms with E-state index in [-0.39, 0.29) is 11.4 Å². The number of aromatic nitrogens is 1. The van der Waals surface area contributed by atoms with Crippen molar-refractivity contribution >= 4 is 21.4 Å². The third-order valence-corrected chi connectivity index (χ3v) is 7.11. The fourth-order valence-electron chi connectivity index (χ4n) is 4.25. The minimum atomic E-state index is -0.468. The molecule has 2 heterocycles. The predicted molar refractivity (Wildman–Crippen MR) is 126 cm³/mol. The molecule has 4 aromatic rings. The van der Waals surface area contributed by atoms with Gasteiger partial charge in [-0.2, -0.15) is 0 Å². The molecule has 2 aromatic carbocycles. The van der Waals surface area contributed by atoms with Crippen molar-refractivity contribution in [2.75, 3.05) is 0 Å². The molecule has 6 heteroatoms. The number of hydrogen-bond donors (Lipinski definition) is 0. The highest BCUT2D eigenvalue weighted by molar-refractivity contribution is 7.17. The Morgan fingerprint density at radius 2 is 1.84 bits per heavy atom. The average molecular weight is 445 g/mol. The maximum Gasteiger partial charge on any atom is 0.259 e. The van der Waals surface area contributed by atoms with E-state index >= 15 is 0 Å². The van der Waals surface area contributed by atoms with Gasteiger partial charge in [0.05, 0.1) is 5.39 Å². The summed E-state index contributed by atoms with van der Waals surface area (Å²) >= 11 is 1.51. The van der Waals surface area contributed by atoms with E-state index in [0.29, 0.717) is 28.0 Å². The Morgan fingerprint density at radius 1 is 1.12 bits per heavy atom. The summed E-state index contributed by atoms with van der Waals surface area (Å²) in [6.07, 6.45) is 3.51. The van der Waals surface area contributed by atoms with Crippen LogP contribution < -0.4 is 10.3 Å². The summed E-state index contributed by atoms with van der Waals surface area (Å²) < 4.78 is 22.7. The number of halogens is 1. The van der Waals surface area contributed by atoms with Crippen molar-refractivity contribution in [3.05, 3.63) is 92.3 Å². The topological polar surface area (TPSA) is 35.6 Å². The number of nitrogens with zero attached hydrogens (tertiary/aromatic N) is 2.